The number of H-pyrrole nitrogens is 1. The first-order valence-electron chi connectivity index (χ1n) is 6.09. The van der Waals surface area contributed by atoms with Crippen molar-refractivity contribution in [3.8, 4) is 0 Å². The molecule has 1 aliphatic rings. The molecule has 1 atom stereocenters. The van der Waals surface area contributed by atoms with Crippen LogP contribution in [0.4, 0.5) is 0 Å². The van der Waals surface area contributed by atoms with Crippen LogP contribution < -0.4 is 0 Å². The zero-order valence-electron chi connectivity index (χ0n) is 10.1. The number of benzene rings is 1. The number of hydrogen-bond acceptors (Lipinski definition) is 3. The van der Waals surface area contributed by atoms with Crippen molar-refractivity contribution in [1.29, 1.82) is 0 Å². The van der Waals surface area contributed by atoms with Gasteiger partial charge in [-0.3, -0.25) is 4.99 Å². The third kappa shape index (κ3) is 1.70. The highest BCUT2D eigenvalue weighted by atomic mass is 16.5. The minimum absolute atomic E-state index is 0.246. The first-order valence-corrected chi connectivity index (χ1v) is 6.09. The molecule has 92 valence electrons. The predicted octanol–water partition coefficient (Wildman–Crippen LogP) is 2.07. The molecule has 1 N–H and O–H groups in total. The number of hydrogen-bond donors (Lipinski definition) is 1. The molecule has 1 unspecified atom stereocenters. The highest BCUT2D eigenvalue weighted by Crippen LogP contribution is 2.26. The van der Waals surface area contributed by atoms with Gasteiger partial charge < -0.3 is 9.72 Å². The van der Waals surface area contributed by atoms with Crippen molar-refractivity contribution in [2.75, 3.05) is 6.61 Å². The molecule has 2 aromatic rings. The lowest BCUT2D eigenvalue weighted by Crippen LogP contribution is -2.26. The van der Waals surface area contributed by atoms with Gasteiger partial charge in [0.05, 0.1) is 12.3 Å². The van der Waals surface area contributed by atoms with Gasteiger partial charge >= 0.3 is 5.97 Å². The standard InChI is InChI=1S/C14H14N2O2/c1-2-18-14(17)12-7-10-9-5-3-4-6-11(9)16-13(10)8-15-12/h3-6,8,12,16H,2,7H2,1H3. The van der Waals surface area contributed by atoms with Gasteiger partial charge in [0.2, 0.25) is 0 Å². The first kappa shape index (κ1) is 11.0. The number of rotatable bonds is 2. The molecule has 18 heavy (non-hydrogen) atoms. The number of fused-ring (bicyclic) bond motifs is 3. The molecule has 1 aliphatic heterocycles. The van der Waals surface area contributed by atoms with E-state index in [0.29, 0.717) is 13.0 Å². The summed E-state index contributed by atoms with van der Waals surface area (Å²) in [7, 11) is 0. The Kier molecular flexibility index (Phi) is 2.63. The number of carbonyl (C=O) groups is 1. The second kappa shape index (κ2) is 4.29. The van der Waals surface area contributed by atoms with Crippen molar-refractivity contribution in [1.82, 2.24) is 4.98 Å². The summed E-state index contributed by atoms with van der Waals surface area (Å²) in [5, 5.41) is 1.16. The van der Waals surface area contributed by atoms with Crippen molar-refractivity contribution in [3.05, 3.63) is 35.5 Å². The summed E-state index contributed by atoms with van der Waals surface area (Å²) >= 11 is 0. The summed E-state index contributed by atoms with van der Waals surface area (Å²) in [6.45, 7) is 2.20. The number of carbonyl (C=O) groups excluding carboxylic acids is 1. The maximum atomic E-state index is 11.7. The Hall–Kier alpha value is -2.10. The Labute approximate surface area is 105 Å². The van der Waals surface area contributed by atoms with E-state index in [2.05, 4.69) is 16.0 Å². The average Bonchev–Trinajstić information content (AvgIpc) is 2.76. The van der Waals surface area contributed by atoms with Gasteiger partial charge in [-0.15, -0.1) is 0 Å². The van der Waals surface area contributed by atoms with Crippen LogP contribution in [-0.4, -0.2) is 29.8 Å². The van der Waals surface area contributed by atoms with Crippen molar-refractivity contribution in [2.24, 2.45) is 4.99 Å². The second-order valence-corrected chi connectivity index (χ2v) is 4.31. The van der Waals surface area contributed by atoms with Crippen molar-refractivity contribution in [2.45, 2.75) is 19.4 Å². The van der Waals surface area contributed by atoms with Crippen molar-refractivity contribution >= 4 is 23.1 Å². The number of nitrogens with zero attached hydrogens (tertiary/aromatic N) is 1. The Balaban J connectivity index is 1.98. The van der Waals surface area contributed by atoms with Gasteiger partial charge in [0.1, 0.15) is 0 Å². The fourth-order valence-electron chi connectivity index (χ4n) is 2.34. The summed E-state index contributed by atoms with van der Waals surface area (Å²) in [6.07, 6.45) is 2.34. The molecule has 1 aromatic carbocycles. The molecule has 0 fully saturated rings. The highest BCUT2D eigenvalue weighted by Gasteiger charge is 2.25. The fraction of sp³-hybridized carbons (Fsp3) is 0.286. The molecular weight excluding hydrogens is 228 g/mol. The van der Waals surface area contributed by atoms with Gasteiger partial charge in [0.15, 0.2) is 6.04 Å². The zero-order valence-corrected chi connectivity index (χ0v) is 10.1. The molecule has 1 aromatic heterocycles. The quantitative estimate of drug-likeness (QED) is 0.820. The van der Waals surface area contributed by atoms with E-state index >= 15 is 0 Å². The van der Waals surface area contributed by atoms with Crippen molar-refractivity contribution in [3.63, 3.8) is 0 Å². The van der Waals surface area contributed by atoms with Crippen LogP contribution in [0.2, 0.25) is 0 Å². The molecule has 2 heterocycles. The Morgan fingerprint density at radius 1 is 1.50 bits per heavy atom. The number of aliphatic imine (C=N–C) groups is 1. The third-order valence-corrected chi connectivity index (χ3v) is 3.19. The highest BCUT2D eigenvalue weighted by molar-refractivity contribution is 5.96. The molecule has 4 heteroatoms. The molecule has 0 spiro atoms. The Bertz CT molecular complexity index is 628. The summed E-state index contributed by atoms with van der Waals surface area (Å²) in [6, 6.07) is 7.68. The van der Waals surface area contributed by atoms with Crippen LogP contribution in [-0.2, 0) is 16.0 Å². The molecule has 0 radical (unpaired) electrons. The van der Waals surface area contributed by atoms with E-state index in [0.717, 1.165) is 22.2 Å². The summed E-state index contributed by atoms with van der Waals surface area (Å²) in [5.41, 5.74) is 3.23. The van der Waals surface area contributed by atoms with E-state index in [1.807, 2.05) is 25.1 Å². The van der Waals surface area contributed by atoms with Gasteiger partial charge in [-0.1, -0.05) is 18.2 Å². The van der Waals surface area contributed by atoms with Crippen LogP contribution in [0.5, 0.6) is 0 Å². The second-order valence-electron chi connectivity index (χ2n) is 4.31. The number of para-hydroxylation sites is 1. The molecule has 0 bridgehead atoms. The number of ether oxygens (including phenoxy) is 1. The molecule has 0 saturated heterocycles. The number of aromatic amines is 1. The van der Waals surface area contributed by atoms with Crippen molar-refractivity contribution < 1.29 is 9.53 Å². The lowest BCUT2D eigenvalue weighted by Gasteiger charge is -2.15. The minimum atomic E-state index is -0.406. The third-order valence-electron chi connectivity index (χ3n) is 3.19. The van der Waals surface area contributed by atoms with Crippen LogP contribution in [0.25, 0.3) is 10.9 Å². The van der Waals surface area contributed by atoms with E-state index in [1.165, 1.54) is 0 Å². The fourth-order valence-corrected chi connectivity index (χ4v) is 2.34. The molecule has 3 rings (SSSR count). The van der Waals surface area contributed by atoms with Gasteiger partial charge in [0, 0.05) is 23.5 Å². The topological polar surface area (TPSA) is 54.5 Å². The van der Waals surface area contributed by atoms with Crippen LogP contribution in [0.1, 0.15) is 18.2 Å². The lowest BCUT2D eigenvalue weighted by molar-refractivity contribution is -0.144. The summed E-state index contributed by atoms with van der Waals surface area (Å²) in [4.78, 5) is 19.3. The van der Waals surface area contributed by atoms with E-state index in [9.17, 15) is 4.79 Å². The van der Waals surface area contributed by atoms with E-state index in [-0.39, 0.29) is 5.97 Å². The largest absolute Gasteiger partial charge is 0.464 e. The van der Waals surface area contributed by atoms with Gasteiger partial charge in [-0.05, 0) is 18.6 Å². The molecule has 4 nitrogen and oxygen atoms in total. The van der Waals surface area contributed by atoms with E-state index in [4.69, 9.17) is 4.74 Å². The zero-order chi connectivity index (χ0) is 12.5. The number of aromatic nitrogens is 1. The normalized spacial score (nSPS) is 17.7. The maximum Gasteiger partial charge on any atom is 0.331 e. The lowest BCUT2D eigenvalue weighted by atomic mass is 10.0. The molecule has 0 amide bonds. The minimum Gasteiger partial charge on any atom is -0.464 e. The smallest absolute Gasteiger partial charge is 0.331 e. The van der Waals surface area contributed by atoms with Crippen LogP contribution in [0, 0.1) is 0 Å². The predicted molar refractivity (Wildman–Crippen MR) is 70.0 cm³/mol. The van der Waals surface area contributed by atoms with Gasteiger partial charge in [0.25, 0.3) is 0 Å². The molecular formula is C14H14N2O2. The maximum absolute atomic E-state index is 11.7. The number of nitrogens with one attached hydrogen (secondary N) is 1. The van der Waals surface area contributed by atoms with Gasteiger partial charge in [-0.25, -0.2) is 4.79 Å². The van der Waals surface area contributed by atoms with Crippen LogP contribution in [0.15, 0.2) is 29.3 Å². The van der Waals surface area contributed by atoms with E-state index < -0.39 is 6.04 Å². The SMILES string of the molecule is CCOC(=O)C1Cc2c([nH]c3ccccc23)C=N1. The first-order chi connectivity index (χ1) is 8.79. The summed E-state index contributed by atoms with van der Waals surface area (Å²) < 4.78 is 5.02. The average molecular weight is 242 g/mol. The summed E-state index contributed by atoms with van der Waals surface area (Å²) in [5.74, 6) is -0.246. The Morgan fingerprint density at radius 2 is 2.33 bits per heavy atom. The van der Waals surface area contributed by atoms with Crippen LogP contribution in [0.3, 0.4) is 0 Å². The van der Waals surface area contributed by atoms with Crippen LogP contribution >= 0.6 is 0 Å². The van der Waals surface area contributed by atoms with Gasteiger partial charge in [-0.2, -0.15) is 0 Å². The number of esters is 1. The molecule has 0 saturated carbocycles. The monoisotopic (exact) mass is 242 g/mol. The van der Waals surface area contributed by atoms with E-state index in [1.54, 1.807) is 6.21 Å². The Morgan fingerprint density at radius 3 is 3.17 bits per heavy atom. The molecule has 0 aliphatic carbocycles.